The highest BCUT2D eigenvalue weighted by atomic mass is 32.2. The summed E-state index contributed by atoms with van der Waals surface area (Å²) in [6, 6.07) is 6.06. The summed E-state index contributed by atoms with van der Waals surface area (Å²) in [4.78, 5) is 43.0. The molecule has 3 aliphatic rings. The first-order valence-corrected chi connectivity index (χ1v) is 14.0. The Kier molecular flexibility index (Phi) is 7.90. The van der Waals surface area contributed by atoms with E-state index >= 15 is 0 Å². The number of unbranched alkanes of at least 4 members (excludes halogenated alkanes) is 1. The molecule has 0 aliphatic carbocycles. The molecule has 3 heterocycles. The molecule has 0 saturated carbocycles. The van der Waals surface area contributed by atoms with Crippen LogP contribution < -0.4 is 15.4 Å². The molecule has 8 nitrogen and oxygen atoms in total. The number of aliphatic hydroxyl groups is 1. The predicted octanol–water partition coefficient (Wildman–Crippen LogP) is 3.19. The average Bonchev–Trinajstić information content (AvgIpc) is 3.42. The zero-order valence-electron chi connectivity index (χ0n) is 21.7. The lowest BCUT2D eigenvalue weighted by atomic mass is 9.66. The number of aliphatic hydroxyl groups excluding tert-OH is 1. The molecule has 2 bridgehead atoms. The molecule has 3 amide bonds. The lowest BCUT2D eigenvalue weighted by molar-refractivity contribution is -0.142. The van der Waals surface area contributed by atoms with Crippen LogP contribution in [0.1, 0.15) is 59.8 Å². The minimum Gasteiger partial charge on any atom is -0.494 e. The van der Waals surface area contributed by atoms with Crippen molar-refractivity contribution < 1.29 is 24.2 Å². The second kappa shape index (κ2) is 10.6. The molecule has 0 radical (unpaired) electrons. The first kappa shape index (κ1) is 26.8. The third kappa shape index (κ3) is 4.38. The number of carbonyl (C=O) groups is 3. The fourth-order valence-corrected chi connectivity index (χ4v) is 8.72. The summed E-state index contributed by atoms with van der Waals surface area (Å²) in [7, 11) is 0. The molecule has 0 aromatic heterocycles. The third-order valence-electron chi connectivity index (χ3n) is 8.08. The van der Waals surface area contributed by atoms with Gasteiger partial charge in [-0.3, -0.25) is 14.4 Å². The van der Waals surface area contributed by atoms with E-state index in [0.29, 0.717) is 31.7 Å². The first-order chi connectivity index (χ1) is 17.3. The number of hydrogen-bond acceptors (Lipinski definition) is 6. The van der Waals surface area contributed by atoms with Gasteiger partial charge in [-0.15, -0.1) is 11.8 Å². The second-order valence-electron chi connectivity index (χ2n) is 10.3. The number of amides is 3. The molecule has 36 heavy (non-hydrogen) atoms. The molecular formula is C27H39N3O5S. The molecule has 3 N–H and O–H groups in total. The molecule has 6 atom stereocenters. The van der Waals surface area contributed by atoms with Gasteiger partial charge in [0.2, 0.25) is 17.7 Å². The highest BCUT2D eigenvalue weighted by Gasteiger charge is 2.77. The van der Waals surface area contributed by atoms with Crippen molar-refractivity contribution in [3.63, 3.8) is 0 Å². The Morgan fingerprint density at radius 1 is 1.19 bits per heavy atom. The molecular weight excluding hydrogens is 478 g/mol. The largest absolute Gasteiger partial charge is 0.494 e. The normalized spacial score (nSPS) is 31.3. The number of likely N-dealkylation sites (tertiary alicyclic amines) is 1. The number of carbonyl (C=O) groups excluding carboxylic acids is 3. The summed E-state index contributed by atoms with van der Waals surface area (Å²) in [6.45, 7) is 8.84. The second-order valence-corrected chi connectivity index (χ2v) is 12.2. The van der Waals surface area contributed by atoms with E-state index in [1.54, 1.807) is 28.8 Å². The summed E-state index contributed by atoms with van der Waals surface area (Å²) in [5, 5.41) is 16.2. The van der Waals surface area contributed by atoms with Crippen molar-refractivity contribution >= 4 is 35.2 Å². The van der Waals surface area contributed by atoms with Gasteiger partial charge < -0.3 is 25.4 Å². The van der Waals surface area contributed by atoms with Crippen LogP contribution in [-0.2, 0) is 14.4 Å². The van der Waals surface area contributed by atoms with Gasteiger partial charge in [-0.25, -0.2) is 0 Å². The summed E-state index contributed by atoms with van der Waals surface area (Å²) < 4.78 is 4.38. The Labute approximate surface area is 217 Å². The van der Waals surface area contributed by atoms with Crippen LogP contribution in [0.5, 0.6) is 5.75 Å². The van der Waals surface area contributed by atoms with Crippen molar-refractivity contribution in [1.29, 1.82) is 0 Å². The molecule has 3 saturated heterocycles. The Morgan fingerprint density at radius 3 is 2.53 bits per heavy atom. The van der Waals surface area contributed by atoms with Crippen molar-refractivity contribution in [2.24, 2.45) is 11.8 Å². The van der Waals surface area contributed by atoms with Crippen LogP contribution >= 0.6 is 11.8 Å². The zero-order chi connectivity index (χ0) is 26.1. The van der Waals surface area contributed by atoms with Crippen molar-refractivity contribution in [2.75, 3.05) is 25.1 Å². The predicted molar refractivity (Wildman–Crippen MR) is 141 cm³/mol. The quantitative estimate of drug-likeness (QED) is 0.389. The van der Waals surface area contributed by atoms with Gasteiger partial charge in [0.15, 0.2) is 0 Å². The SMILES string of the molecule is CCCCNC(=O)C1N([C@@H](CC)CO)C(=O)[C@@H]2[C@@H](C(=O)Nc3ccc(OCC)cc3)[C@@]3(C)CCC12S3. The van der Waals surface area contributed by atoms with Gasteiger partial charge >= 0.3 is 0 Å². The van der Waals surface area contributed by atoms with Crippen LogP contribution in [0, 0.1) is 11.8 Å². The Hall–Kier alpha value is -2.26. The average molecular weight is 518 g/mol. The number of fused-ring (bicyclic) bond motifs is 1. The van der Waals surface area contributed by atoms with Gasteiger partial charge in [-0.1, -0.05) is 20.3 Å². The minimum absolute atomic E-state index is 0.171. The maximum Gasteiger partial charge on any atom is 0.244 e. The van der Waals surface area contributed by atoms with Gasteiger partial charge in [-0.05, 0) is 63.8 Å². The monoisotopic (exact) mass is 517 g/mol. The van der Waals surface area contributed by atoms with E-state index < -0.39 is 33.4 Å². The lowest BCUT2D eigenvalue weighted by Crippen LogP contribution is -2.56. The van der Waals surface area contributed by atoms with Gasteiger partial charge in [0.25, 0.3) is 0 Å². The van der Waals surface area contributed by atoms with Crippen molar-refractivity contribution in [2.45, 2.75) is 81.4 Å². The van der Waals surface area contributed by atoms with Gasteiger partial charge in [0.1, 0.15) is 11.8 Å². The van der Waals surface area contributed by atoms with Crippen LogP contribution in [0.3, 0.4) is 0 Å². The fraction of sp³-hybridized carbons (Fsp3) is 0.667. The molecule has 198 valence electrons. The Bertz CT molecular complexity index is 984. The molecule has 1 spiro atoms. The van der Waals surface area contributed by atoms with Gasteiger partial charge in [0.05, 0.1) is 35.8 Å². The fourth-order valence-electron chi connectivity index (χ4n) is 6.38. The van der Waals surface area contributed by atoms with Crippen molar-refractivity contribution in [3.8, 4) is 5.75 Å². The molecule has 3 fully saturated rings. The highest BCUT2D eigenvalue weighted by molar-refractivity contribution is 8.02. The summed E-state index contributed by atoms with van der Waals surface area (Å²) in [5.74, 6) is -0.998. The van der Waals surface area contributed by atoms with Crippen LogP contribution in [0.25, 0.3) is 0 Å². The van der Waals surface area contributed by atoms with Crippen molar-refractivity contribution in [3.05, 3.63) is 24.3 Å². The Morgan fingerprint density at radius 2 is 1.92 bits per heavy atom. The standard InChI is InChI=1S/C27H39N3O5S/c1-5-8-15-28-24(33)22-27-14-13-26(4,36-27)20(21(27)25(34)30(22)18(6-2)16-31)23(32)29-17-9-11-19(12-10-17)35-7-3/h9-12,18,20-22,31H,5-8,13-16H2,1-4H3,(H,28,33)(H,29,32)/t18-,20-,21-,22?,26+,27?/m0/s1. The number of thioether (sulfide) groups is 1. The highest BCUT2D eigenvalue weighted by Crippen LogP contribution is 2.71. The molecule has 1 aromatic rings. The number of benzene rings is 1. The lowest BCUT2D eigenvalue weighted by Gasteiger charge is -2.36. The summed E-state index contributed by atoms with van der Waals surface area (Å²) >= 11 is 1.64. The van der Waals surface area contributed by atoms with Crippen LogP contribution in [0.4, 0.5) is 5.69 Å². The third-order valence-corrected chi connectivity index (χ3v) is 10.1. The zero-order valence-corrected chi connectivity index (χ0v) is 22.5. The number of rotatable bonds is 11. The molecule has 1 aromatic carbocycles. The first-order valence-electron chi connectivity index (χ1n) is 13.2. The van der Waals surface area contributed by atoms with E-state index in [9.17, 15) is 19.5 Å². The van der Waals surface area contributed by atoms with E-state index in [2.05, 4.69) is 24.5 Å². The Balaban J connectivity index is 1.65. The van der Waals surface area contributed by atoms with E-state index in [1.807, 2.05) is 26.0 Å². The number of nitrogens with one attached hydrogen (secondary N) is 2. The topological polar surface area (TPSA) is 108 Å². The summed E-state index contributed by atoms with van der Waals surface area (Å²) in [6.07, 6.45) is 3.80. The number of anilines is 1. The van der Waals surface area contributed by atoms with E-state index in [1.165, 1.54) is 0 Å². The molecule has 9 heteroatoms. The maximum atomic E-state index is 14.0. The van der Waals surface area contributed by atoms with Crippen LogP contribution in [-0.4, -0.2) is 69.1 Å². The minimum atomic E-state index is -0.695. The molecule has 3 aliphatic heterocycles. The van der Waals surface area contributed by atoms with Gasteiger partial charge in [-0.2, -0.15) is 0 Å². The van der Waals surface area contributed by atoms with E-state index in [0.717, 1.165) is 25.0 Å². The van der Waals surface area contributed by atoms with E-state index in [-0.39, 0.29) is 24.3 Å². The molecule has 4 rings (SSSR count). The molecule has 2 unspecified atom stereocenters. The maximum absolute atomic E-state index is 14.0. The number of nitrogens with zero attached hydrogens (tertiary/aromatic N) is 1. The summed E-state index contributed by atoms with van der Waals surface area (Å²) in [5.41, 5.74) is 0.645. The number of ether oxygens (including phenoxy) is 1. The number of hydrogen-bond donors (Lipinski definition) is 3. The van der Waals surface area contributed by atoms with E-state index in [4.69, 9.17) is 4.74 Å². The van der Waals surface area contributed by atoms with Gasteiger partial charge in [0, 0.05) is 17.0 Å². The van der Waals surface area contributed by atoms with Crippen LogP contribution in [0.15, 0.2) is 24.3 Å². The van der Waals surface area contributed by atoms with Crippen LogP contribution in [0.2, 0.25) is 0 Å². The smallest absolute Gasteiger partial charge is 0.244 e. The van der Waals surface area contributed by atoms with Crippen molar-refractivity contribution in [1.82, 2.24) is 10.2 Å².